The van der Waals surface area contributed by atoms with E-state index in [9.17, 15) is 28.7 Å². The van der Waals surface area contributed by atoms with Crippen LogP contribution in [0.1, 0.15) is 86.3 Å². The molecule has 0 radical (unpaired) electrons. The minimum absolute atomic E-state index is 0.0365. The molecule has 1 aromatic carbocycles. The molecule has 7 nitrogen and oxygen atoms in total. The van der Waals surface area contributed by atoms with Gasteiger partial charge < -0.3 is 10.2 Å². The van der Waals surface area contributed by atoms with Crippen molar-refractivity contribution in [1.29, 1.82) is 5.26 Å². The number of halogens is 1. The quantitative estimate of drug-likeness (QED) is 0.498. The van der Waals surface area contributed by atoms with Gasteiger partial charge in [0.1, 0.15) is 32.5 Å². The lowest BCUT2D eigenvalue weighted by Gasteiger charge is -2.21. The zero-order valence-electron chi connectivity index (χ0n) is 20.3. The van der Waals surface area contributed by atoms with Gasteiger partial charge in [-0.2, -0.15) is 5.26 Å². The van der Waals surface area contributed by atoms with Gasteiger partial charge in [0.15, 0.2) is 15.6 Å². The second kappa shape index (κ2) is 10.6. The van der Waals surface area contributed by atoms with Crippen molar-refractivity contribution in [2.24, 2.45) is 0 Å². The molecule has 0 fully saturated rings. The average molecular weight is 511 g/mol. The summed E-state index contributed by atoms with van der Waals surface area (Å²) in [6.07, 6.45) is -0.333. The second-order valence-corrected chi connectivity index (χ2v) is 12.6. The number of hydrogen-bond donors (Lipinski definition) is 2. The highest BCUT2D eigenvalue weighted by Gasteiger charge is 2.31. The molecule has 0 spiro atoms. The van der Waals surface area contributed by atoms with Crippen molar-refractivity contribution in [1.82, 2.24) is 4.98 Å². The predicted octanol–water partition coefficient (Wildman–Crippen LogP) is 3.75. The van der Waals surface area contributed by atoms with Crippen LogP contribution in [0.5, 0.6) is 0 Å². The Labute approximate surface area is 204 Å². The number of ketones is 1. The molecule has 2 aromatic rings. The summed E-state index contributed by atoms with van der Waals surface area (Å²) in [5.41, 5.74) is -0.0857. The van der Waals surface area contributed by atoms with Crippen LogP contribution in [0.2, 0.25) is 0 Å². The first-order valence-corrected chi connectivity index (χ1v) is 13.4. The van der Waals surface area contributed by atoms with Gasteiger partial charge in [0.25, 0.3) is 0 Å². The standard InChI is InChI=1S/C24H31FN2O5S2/c1-13(2)17-9-15(11-26)21(25)20(14(3)4)18(17)10-16(29)12-34(31,32)22-19(7-8-28)27-23(33-22)24(5,6)30/h9,13-14,28,30H,7-8,10,12H2,1-6H3. The number of carbonyl (C=O) groups excluding carboxylic acids is 1. The van der Waals surface area contributed by atoms with Crippen LogP contribution in [0.4, 0.5) is 4.39 Å². The van der Waals surface area contributed by atoms with Gasteiger partial charge in [0, 0.05) is 19.4 Å². The number of aliphatic hydroxyl groups is 2. The molecule has 0 unspecified atom stereocenters. The number of thiazole rings is 1. The van der Waals surface area contributed by atoms with Crippen LogP contribution in [0.3, 0.4) is 0 Å². The fraction of sp³-hybridized carbons (Fsp3) is 0.542. The highest BCUT2D eigenvalue weighted by molar-refractivity contribution is 7.94. The summed E-state index contributed by atoms with van der Waals surface area (Å²) in [4.78, 5) is 17.2. The third-order valence-corrected chi connectivity index (χ3v) is 9.03. The molecule has 0 aliphatic rings. The van der Waals surface area contributed by atoms with Crippen molar-refractivity contribution in [2.45, 2.75) is 76.0 Å². The van der Waals surface area contributed by atoms with Crippen LogP contribution in [0.25, 0.3) is 0 Å². The molecule has 34 heavy (non-hydrogen) atoms. The predicted molar refractivity (Wildman–Crippen MR) is 128 cm³/mol. The molecule has 0 saturated carbocycles. The van der Waals surface area contributed by atoms with Gasteiger partial charge in [0.2, 0.25) is 0 Å². The van der Waals surface area contributed by atoms with Gasteiger partial charge >= 0.3 is 0 Å². The van der Waals surface area contributed by atoms with Crippen molar-refractivity contribution < 1.29 is 27.8 Å². The van der Waals surface area contributed by atoms with Crippen molar-refractivity contribution >= 4 is 27.0 Å². The Hall–Kier alpha value is -2.19. The minimum atomic E-state index is -4.12. The number of aromatic nitrogens is 1. The number of Topliss-reactive ketones (excluding diaryl/α,β-unsaturated/α-hetero) is 1. The lowest BCUT2D eigenvalue weighted by molar-refractivity contribution is -0.116. The number of aliphatic hydroxyl groups excluding tert-OH is 1. The average Bonchev–Trinajstić information content (AvgIpc) is 3.13. The summed E-state index contributed by atoms with van der Waals surface area (Å²) in [7, 11) is -4.12. The fourth-order valence-electron chi connectivity index (χ4n) is 3.77. The van der Waals surface area contributed by atoms with Gasteiger partial charge in [-0.1, -0.05) is 27.7 Å². The molecule has 0 amide bonds. The van der Waals surface area contributed by atoms with Crippen molar-refractivity contribution in [3.05, 3.63) is 44.8 Å². The summed E-state index contributed by atoms with van der Waals surface area (Å²) in [5.74, 6) is -2.57. The lowest BCUT2D eigenvalue weighted by atomic mass is 9.84. The monoisotopic (exact) mass is 510 g/mol. The Morgan fingerprint density at radius 1 is 1.26 bits per heavy atom. The summed E-state index contributed by atoms with van der Waals surface area (Å²) < 4.78 is 41.2. The Bertz CT molecular complexity index is 1220. The number of rotatable bonds is 10. The Morgan fingerprint density at radius 3 is 2.35 bits per heavy atom. The zero-order valence-corrected chi connectivity index (χ0v) is 21.9. The van der Waals surface area contributed by atoms with Crippen molar-refractivity contribution in [2.75, 3.05) is 12.4 Å². The third kappa shape index (κ3) is 6.08. The molecular formula is C24H31FN2O5S2. The normalized spacial score (nSPS) is 12.4. The molecule has 1 aromatic heterocycles. The maximum absolute atomic E-state index is 15.0. The van der Waals surface area contributed by atoms with Crippen LogP contribution >= 0.6 is 11.3 Å². The van der Waals surface area contributed by atoms with Crippen molar-refractivity contribution in [3.63, 3.8) is 0 Å². The van der Waals surface area contributed by atoms with Crippen LogP contribution in [-0.4, -0.2) is 41.8 Å². The van der Waals surface area contributed by atoms with E-state index in [4.69, 9.17) is 0 Å². The topological polar surface area (TPSA) is 128 Å². The first-order chi connectivity index (χ1) is 15.6. The van der Waals surface area contributed by atoms with E-state index in [0.717, 1.165) is 11.3 Å². The highest BCUT2D eigenvalue weighted by atomic mass is 32.2. The van der Waals surface area contributed by atoms with E-state index in [1.54, 1.807) is 13.8 Å². The SMILES string of the molecule is CC(C)c1cc(C#N)c(F)c(C(C)C)c1CC(=O)CS(=O)(=O)c1sc(C(C)(C)O)nc1CCO. The van der Waals surface area contributed by atoms with E-state index in [-0.39, 0.29) is 57.3 Å². The summed E-state index contributed by atoms with van der Waals surface area (Å²) in [6.45, 7) is 9.83. The lowest BCUT2D eigenvalue weighted by Crippen LogP contribution is -2.21. The minimum Gasteiger partial charge on any atom is -0.396 e. The van der Waals surface area contributed by atoms with E-state index < -0.39 is 32.8 Å². The molecule has 0 aliphatic heterocycles. The third-order valence-electron chi connectivity index (χ3n) is 5.31. The number of sulfone groups is 1. The maximum Gasteiger partial charge on any atom is 0.196 e. The van der Waals surface area contributed by atoms with E-state index in [2.05, 4.69) is 4.98 Å². The largest absolute Gasteiger partial charge is 0.396 e. The zero-order chi connectivity index (χ0) is 26.0. The molecule has 1 heterocycles. The molecule has 2 rings (SSSR count). The number of nitrogens with zero attached hydrogens (tertiary/aromatic N) is 2. The highest BCUT2D eigenvalue weighted by Crippen LogP contribution is 2.34. The Balaban J connectivity index is 2.50. The van der Waals surface area contributed by atoms with Gasteiger partial charge in [-0.3, -0.25) is 4.79 Å². The summed E-state index contributed by atoms with van der Waals surface area (Å²) in [6, 6.07) is 3.29. The van der Waals surface area contributed by atoms with Crippen LogP contribution in [-0.2, 0) is 33.1 Å². The van der Waals surface area contributed by atoms with Crippen LogP contribution < -0.4 is 0 Å². The van der Waals surface area contributed by atoms with E-state index >= 15 is 4.39 Å². The number of hydrogen-bond acceptors (Lipinski definition) is 8. The van der Waals surface area contributed by atoms with Gasteiger partial charge in [-0.25, -0.2) is 17.8 Å². The maximum atomic E-state index is 15.0. The first kappa shape index (κ1) is 28.1. The molecule has 186 valence electrons. The van der Waals surface area contributed by atoms with E-state index in [1.165, 1.54) is 19.9 Å². The smallest absolute Gasteiger partial charge is 0.196 e. The molecule has 10 heteroatoms. The van der Waals surface area contributed by atoms with Gasteiger partial charge in [-0.15, -0.1) is 11.3 Å². The van der Waals surface area contributed by atoms with E-state index in [1.807, 2.05) is 19.9 Å². The second-order valence-electron chi connectivity index (χ2n) is 9.40. The molecular weight excluding hydrogens is 479 g/mol. The fourth-order valence-corrected chi connectivity index (χ4v) is 6.70. The Morgan fingerprint density at radius 2 is 1.88 bits per heavy atom. The first-order valence-electron chi connectivity index (χ1n) is 11.0. The number of nitriles is 1. The van der Waals surface area contributed by atoms with Crippen LogP contribution in [0, 0.1) is 17.1 Å². The summed E-state index contributed by atoms with van der Waals surface area (Å²) >= 11 is 0.777. The molecule has 0 saturated heterocycles. The molecule has 0 atom stereocenters. The van der Waals surface area contributed by atoms with Gasteiger partial charge in [0.05, 0.1) is 11.3 Å². The van der Waals surface area contributed by atoms with Gasteiger partial charge in [-0.05, 0) is 48.4 Å². The molecule has 0 aliphatic carbocycles. The number of benzene rings is 1. The summed E-state index contributed by atoms with van der Waals surface area (Å²) in [5, 5.41) is 29.1. The van der Waals surface area contributed by atoms with Crippen molar-refractivity contribution in [3.8, 4) is 6.07 Å². The number of carbonyl (C=O) groups is 1. The molecule has 2 N–H and O–H groups in total. The van der Waals surface area contributed by atoms with E-state index in [0.29, 0.717) is 11.1 Å². The Kier molecular flexibility index (Phi) is 8.75. The van der Waals surface area contributed by atoms with Crippen LogP contribution in [0.15, 0.2) is 10.3 Å². The molecule has 0 bridgehead atoms.